The number of furan rings is 1. The quantitative estimate of drug-likeness (QED) is 0.0890. The van der Waals surface area contributed by atoms with Crippen LogP contribution in [0.3, 0.4) is 0 Å². The predicted molar refractivity (Wildman–Crippen MR) is 206 cm³/mol. The first-order valence-electron chi connectivity index (χ1n) is 17.4. The molecule has 0 atom stereocenters. The van der Waals surface area contributed by atoms with Gasteiger partial charge in [-0.15, -0.1) is 40.5 Å². The van der Waals surface area contributed by atoms with Crippen LogP contribution in [0.5, 0.6) is 0 Å². The van der Waals surface area contributed by atoms with E-state index in [1.165, 1.54) is 17.0 Å². The number of aliphatic hydroxyl groups is 1. The summed E-state index contributed by atoms with van der Waals surface area (Å²) in [6.07, 6.45) is 8.45. The average Bonchev–Trinajstić information content (AvgIpc) is 3.78. The number of hydrogen-bond donors (Lipinski definition) is 1. The molecule has 6 aromatic rings. The molecule has 2 aromatic carbocycles. The predicted octanol–water partition coefficient (Wildman–Crippen LogP) is 12.7. The van der Waals surface area contributed by atoms with Gasteiger partial charge in [-0.05, 0) is 60.7 Å². The van der Waals surface area contributed by atoms with Gasteiger partial charge in [0.25, 0.3) is 0 Å². The molecule has 265 valence electrons. The van der Waals surface area contributed by atoms with E-state index < -0.39 is 0 Å². The van der Waals surface area contributed by atoms with E-state index >= 15 is 0 Å². The molecule has 5 nitrogen and oxygen atoms in total. The van der Waals surface area contributed by atoms with Crippen LogP contribution < -0.4 is 0 Å². The smallest absolute Gasteiger partial charge is 0.164 e. The Morgan fingerprint density at radius 2 is 1.52 bits per heavy atom. The molecule has 0 amide bonds. The second-order valence-electron chi connectivity index (χ2n) is 14.5. The minimum Gasteiger partial charge on any atom is -0.512 e. The van der Waals surface area contributed by atoms with E-state index in [1.54, 1.807) is 11.3 Å². The zero-order valence-corrected chi connectivity index (χ0v) is 33.9. The Kier molecular flexibility index (Phi) is 12.3. The summed E-state index contributed by atoms with van der Waals surface area (Å²) >= 11 is 1.64. The van der Waals surface area contributed by atoms with Crippen molar-refractivity contribution in [1.29, 1.82) is 0 Å². The Labute approximate surface area is 314 Å². The number of rotatable bonds is 9. The Balaban J connectivity index is 0.000000269. The molecule has 0 spiro atoms. The molecule has 7 heteroatoms. The maximum Gasteiger partial charge on any atom is 0.164 e. The van der Waals surface area contributed by atoms with Crippen LogP contribution in [0.15, 0.2) is 88.6 Å². The molecule has 4 aromatic heterocycles. The van der Waals surface area contributed by atoms with Crippen LogP contribution in [0.25, 0.3) is 54.5 Å². The van der Waals surface area contributed by atoms with Gasteiger partial charge >= 0.3 is 0 Å². The van der Waals surface area contributed by atoms with Crippen LogP contribution in [0.2, 0.25) is 0 Å². The SMILES string of the molecule is CC(C)(C)c1cc(-c2nccc3cc(-c4ccnc5sccc45)oc23)[c-]c2ccccc12.CCC(C)(CC)C(=O)/C=C(\O)C(C)(CC)CC.[Ir]. The number of allylic oxidation sites excluding steroid dienone is 2. The van der Waals surface area contributed by atoms with E-state index in [-0.39, 0.29) is 47.9 Å². The molecule has 0 aliphatic heterocycles. The Morgan fingerprint density at radius 1 is 0.860 bits per heavy atom. The van der Waals surface area contributed by atoms with Gasteiger partial charge in [0.15, 0.2) is 5.78 Å². The summed E-state index contributed by atoms with van der Waals surface area (Å²) in [4.78, 5) is 22.4. The van der Waals surface area contributed by atoms with E-state index in [2.05, 4.69) is 79.7 Å². The Bertz CT molecular complexity index is 2130. The number of aromatic nitrogens is 2. The van der Waals surface area contributed by atoms with Gasteiger partial charge in [0.1, 0.15) is 21.9 Å². The van der Waals surface area contributed by atoms with Gasteiger partial charge in [-0.2, -0.15) is 0 Å². The Hall–Kier alpha value is -3.64. The normalized spacial score (nSPS) is 12.5. The van der Waals surface area contributed by atoms with Gasteiger partial charge in [-0.3, -0.25) is 9.78 Å². The molecule has 4 heterocycles. The van der Waals surface area contributed by atoms with Gasteiger partial charge in [0.2, 0.25) is 0 Å². The van der Waals surface area contributed by atoms with Gasteiger partial charge < -0.3 is 9.52 Å². The molecule has 6 rings (SSSR count). The number of ketones is 1. The van der Waals surface area contributed by atoms with E-state index in [9.17, 15) is 9.90 Å². The largest absolute Gasteiger partial charge is 0.512 e. The molecule has 0 fully saturated rings. The maximum absolute atomic E-state index is 12.2. The summed E-state index contributed by atoms with van der Waals surface area (Å²) in [7, 11) is 0. The van der Waals surface area contributed by atoms with Crippen molar-refractivity contribution in [1.82, 2.24) is 9.97 Å². The van der Waals surface area contributed by atoms with Crippen LogP contribution in [-0.4, -0.2) is 20.9 Å². The summed E-state index contributed by atoms with van der Waals surface area (Å²) in [6, 6.07) is 22.5. The van der Waals surface area contributed by atoms with Gasteiger partial charge in [-0.25, -0.2) is 4.98 Å². The molecule has 0 aliphatic rings. The summed E-state index contributed by atoms with van der Waals surface area (Å²) in [5.74, 6) is 1.12. The second kappa shape index (κ2) is 15.7. The third kappa shape index (κ3) is 7.81. The molecule has 0 unspecified atom stereocenters. The molecule has 1 radical (unpaired) electrons. The Morgan fingerprint density at radius 3 is 2.18 bits per heavy atom. The average molecular weight is 866 g/mol. The summed E-state index contributed by atoms with van der Waals surface area (Å²) < 4.78 is 6.45. The number of nitrogens with zero attached hydrogens (tertiary/aromatic N) is 2. The summed E-state index contributed by atoms with van der Waals surface area (Å²) in [6.45, 7) is 18.8. The van der Waals surface area contributed by atoms with Crippen LogP contribution in [0.1, 0.15) is 93.6 Å². The second-order valence-corrected chi connectivity index (χ2v) is 15.4. The zero-order valence-electron chi connectivity index (χ0n) is 30.7. The van der Waals surface area contributed by atoms with Crippen molar-refractivity contribution in [3.05, 3.63) is 95.8 Å². The molecule has 0 bridgehead atoms. The topological polar surface area (TPSA) is 76.2 Å². The molecule has 1 N–H and O–H groups in total. The van der Waals surface area contributed by atoms with Gasteiger partial charge in [0, 0.05) is 71.4 Å². The monoisotopic (exact) mass is 866 g/mol. The van der Waals surface area contributed by atoms with Crippen LogP contribution in [0.4, 0.5) is 0 Å². The van der Waals surface area contributed by atoms with E-state index in [4.69, 9.17) is 9.40 Å². The number of pyridine rings is 2. The number of carbonyl (C=O) groups is 1. The van der Waals surface area contributed by atoms with Crippen molar-refractivity contribution in [2.24, 2.45) is 10.8 Å². The molecule has 50 heavy (non-hydrogen) atoms. The van der Waals surface area contributed by atoms with E-state index in [1.807, 2.05) is 66.1 Å². The fourth-order valence-electron chi connectivity index (χ4n) is 6.04. The number of thiophene rings is 1. The van der Waals surface area contributed by atoms with Crippen molar-refractivity contribution < 1.29 is 34.4 Å². The van der Waals surface area contributed by atoms with Crippen molar-refractivity contribution >= 4 is 49.1 Å². The number of aliphatic hydroxyl groups excluding tert-OH is 1. The molecular formula is C43H49IrN2O3S-. The first kappa shape index (κ1) is 39.2. The standard InChI is InChI=1S/C28H21N2OS.C15H28O2.Ir/c1-28(2,3)23-15-19(14-17-6-4-5-7-20(17)23)25-26-18(8-11-29-25)16-24(31-26)21-9-12-30-27-22(21)10-13-32-27;1-7-14(5,8-2)12(16)11-13(17)15(6,9-3)10-4;/h4-13,15-16H,1-3H3;11,16H,7-10H2,1-6H3;/q-1;;/b;12-11-;. The minimum absolute atomic E-state index is 0. The fraction of sp³-hybridized carbons (Fsp3) is 0.372. The van der Waals surface area contributed by atoms with Crippen LogP contribution in [0, 0.1) is 16.9 Å². The third-order valence-electron chi connectivity index (χ3n) is 10.5. The summed E-state index contributed by atoms with van der Waals surface area (Å²) in [5.41, 5.74) is 4.28. The van der Waals surface area contributed by atoms with Crippen molar-refractivity contribution in [2.45, 2.75) is 93.4 Å². The van der Waals surface area contributed by atoms with Crippen LogP contribution in [-0.2, 0) is 30.3 Å². The molecular weight excluding hydrogens is 817 g/mol. The van der Waals surface area contributed by atoms with Gasteiger partial charge in [-0.1, -0.05) is 91.5 Å². The summed E-state index contributed by atoms with van der Waals surface area (Å²) in [5, 5.41) is 16.7. The molecule has 0 aliphatic carbocycles. The molecule has 0 saturated carbocycles. The van der Waals surface area contributed by atoms with Crippen molar-refractivity contribution in [3.8, 4) is 22.6 Å². The van der Waals surface area contributed by atoms with Gasteiger partial charge in [0.05, 0.1) is 0 Å². The van der Waals surface area contributed by atoms with Crippen LogP contribution >= 0.6 is 11.3 Å². The number of hydrogen-bond acceptors (Lipinski definition) is 6. The minimum atomic E-state index is -0.337. The zero-order chi connectivity index (χ0) is 35.6. The van der Waals surface area contributed by atoms with Crippen molar-refractivity contribution in [3.63, 3.8) is 0 Å². The van der Waals surface area contributed by atoms with E-state index in [0.717, 1.165) is 74.8 Å². The maximum atomic E-state index is 12.2. The van der Waals surface area contributed by atoms with Crippen molar-refractivity contribution in [2.75, 3.05) is 0 Å². The first-order chi connectivity index (χ1) is 23.3. The fourth-order valence-corrected chi connectivity index (χ4v) is 6.80. The number of benzene rings is 2. The first-order valence-corrected chi connectivity index (χ1v) is 18.3. The third-order valence-corrected chi connectivity index (χ3v) is 11.3. The van der Waals surface area contributed by atoms with E-state index in [0.29, 0.717) is 0 Å². The number of fused-ring (bicyclic) bond motifs is 3. The molecule has 0 saturated heterocycles. The number of carbonyl (C=O) groups excluding carboxylic acids is 1.